The Morgan fingerprint density at radius 1 is 1.21 bits per heavy atom. The second kappa shape index (κ2) is 17.0. The average Bonchev–Trinajstić information content (AvgIpc) is 2.87. The second-order valence-electron chi connectivity index (χ2n) is 7.47. The van der Waals surface area contributed by atoms with Crippen molar-refractivity contribution in [3.8, 4) is 0 Å². The Morgan fingerprint density at radius 2 is 1.88 bits per heavy atom. The molecule has 1 heterocycles. The van der Waals surface area contributed by atoms with Gasteiger partial charge in [0.25, 0.3) is 0 Å². The third kappa shape index (κ3) is 10.1. The number of carboxylic acid groups (broad SMARTS) is 1. The number of fused-ring (bicyclic) bond motifs is 1. The smallest absolute Gasteiger partial charge is 0.323 e. The van der Waals surface area contributed by atoms with Gasteiger partial charge in [-0.3, -0.25) is 24.6 Å². The van der Waals surface area contributed by atoms with Gasteiger partial charge in [0.05, 0.1) is 18.3 Å². The van der Waals surface area contributed by atoms with E-state index in [2.05, 4.69) is 5.32 Å². The van der Waals surface area contributed by atoms with E-state index in [1.54, 1.807) is 19.1 Å². The minimum atomic E-state index is -1.09. The molecule has 1 amide bonds. The van der Waals surface area contributed by atoms with Crippen LogP contribution in [0, 0.1) is 0 Å². The van der Waals surface area contributed by atoms with Crippen LogP contribution in [0.4, 0.5) is 5.69 Å². The summed E-state index contributed by atoms with van der Waals surface area (Å²) >= 11 is 1.47. The molecular weight excluding hydrogens is 489 g/mol. The molecule has 0 radical (unpaired) electrons. The van der Waals surface area contributed by atoms with Gasteiger partial charge in [-0.25, -0.2) is 0 Å². The van der Waals surface area contributed by atoms with E-state index in [4.69, 9.17) is 10.5 Å². The monoisotopic (exact) mass is 523 g/mol. The van der Waals surface area contributed by atoms with Gasteiger partial charge in [0.15, 0.2) is 0 Å². The summed E-state index contributed by atoms with van der Waals surface area (Å²) in [6.07, 6.45) is 5.46. The van der Waals surface area contributed by atoms with E-state index in [-0.39, 0.29) is 43.3 Å². The van der Waals surface area contributed by atoms with Crippen LogP contribution < -0.4 is 16.0 Å². The molecular formula is C22H35Cl2N3O5S. The molecule has 0 saturated carbocycles. The minimum absolute atomic E-state index is 0. The zero-order chi connectivity index (χ0) is 22.6. The van der Waals surface area contributed by atoms with E-state index in [0.717, 1.165) is 37.0 Å². The van der Waals surface area contributed by atoms with Gasteiger partial charge in [0.1, 0.15) is 12.6 Å². The summed E-state index contributed by atoms with van der Waals surface area (Å²) in [6, 6.07) is 5.95. The molecule has 1 aromatic carbocycles. The predicted octanol–water partition coefficient (Wildman–Crippen LogP) is 3.24. The Kier molecular flexibility index (Phi) is 16.2. The van der Waals surface area contributed by atoms with Crippen molar-refractivity contribution in [2.75, 3.05) is 30.3 Å². The number of hydrogen-bond acceptors (Lipinski definition) is 7. The molecule has 4 N–H and O–H groups in total. The number of nitrogens with two attached hydrogens (primary N) is 1. The number of unbranched alkanes of at least 4 members (excludes halogenated alkanes) is 4. The Morgan fingerprint density at radius 3 is 2.55 bits per heavy atom. The number of hydrogen-bond donors (Lipinski definition) is 3. The van der Waals surface area contributed by atoms with Crippen LogP contribution in [0.5, 0.6) is 0 Å². The first kappa shape index (κ1) is 31.5. The Hall–Kier alpha value is -1.52. The number of para-hydroxylation sites is 1. The number of carboxylic acids is 1. The molecule has 0 saturated heterocycles. The summed E-state index contributed by atoms with van der Waals surface area (Å²) in [5.41, 5.74) is 6.10. The maximum absolute atomic E-state index is 13.2. The normalized spacial score (nSPS) is 16.0. The predicted molar refractivity (Wildman–Crippen MR) is 136 cm³/mol. The highest BCUT2D eigenvalue weighted by Crippen LogP contribution is 2.34. The molecule has 0 aromatic heterocycles. The first-order valence-corrected chi connectivity index (χ1v) is 11.8. The van der Waals surface area contributed by atoms with E-state index < -0.39 is 24.6 Å². The molecule has 0 bridgehead atoms. The SMILES string of the molecule is CCOC(=O)[C@H](CCCCCCCN)N[C@H]1CSc2ccccc2N(CC(=O)O)C1=O.Cl.Cl. The number of esters is 1. The largest absolute Gasteiger partial charge is 0.480 e. The van der Waals surface area contributed by atoms with Crippen LogP contribution in [0.2, 0.25) is 0 Å². The van der Waals surface area contributed by atoms with E-state index in [0.29, 0.717) is 24.4 Å². The summed E-state index contributed by atoms with van der Waals surface area (Å²) in [5.74, 6) is -1.42. The van der Waals surface area contributed by atoms with Crippen molar-refractivity contribution in [3.05, 3.63) is 24.3 Å². The number of anilines is 1. The number of halogens is 2. The number of rotatable bonds is 13. The Labute approximate surface area is 212 Å². The molecule has 0 aliphatic carbocycles. The number of ether oxygens (including phenoxy) is 1. The molecule has 2 rings (SSSR count). The molecule has 1 aliphatic rings. The van der Waals surface area contributed by atoms with Gasteiger partial charge >= 0.3 is 11.9 Å². The number of thioether (sulfide) groups is 1. The van der Waals surface area contributed by atoms with Gasteiger partial charge < -0.3 is 15.6 Å². The fourth-order valence-corrected chi connectivity index (χ4v) is 4.64. The lowest BCUT2D eigenvalue weighted by Gasteiger charge is -2.27. The zero-order valence-electron chi connectivity index (χ0n) is 18.9. The highest BCUT2D eigenvalue weighted by molar-refractivity contribution is 7.99. The van der Waals surface area contributed by atoms with Crippen LogP contribution in [-0.2, 0) is 19.1 Å². The van der Waals surface area contributed by atoms with E-state index in [9.17, 15) is 19.5 Å². The van der Waals surface area contributed by atoms with Crippen LogP contribution in [0.15, 0.2) is 29.2 Å². The first-order valence-electron chi connectivity index (χ1n) is 10.9. The minimum Gasteiger partial charge on any atom is -0.480 e. The fourth-order valence-electron chi connectivity index (χ4n) is 3.55. The van der Waals surface area contributed by atoms with Crippen LogP contribution in [0.3, 0.4) is 0 Å². The van der Waals surface area contributed by atoms with E-state index in [1.807, 2.05) is 12.1 Å². The van der Waals surface area contributed by atoms with Gasteiger partial charge in [-0.1, -0.05) is 37.8 Å². The molecule has 1 aromatic rings. The van der Waals surface area contributed by atoms with Crippen molar-refractivity contribution < 1.29 is 24.2 Å². The number of nitrogens with zero attached hydrogens (tertiary/aromatic N) is 1. The third-order valence-corrected chi connectivity index (χ3v) is 6.25. The van der Waals surface area contributed by atoms with Crippen LogP contribution in [0.1, 0.15) is 45.4 Å². The molecule has 11 heteroatoms. The highest BCUT2D eigenvalue weighted by Gasteiger charge is 2.34. The van der Waals surface area contributed by atoms with Crippen molar-refractivity contribution in [3.63, 3.8) is 0 Å². The van der Waals surface area contributed by atoms with Crippen molar-refractivity contribution in [1.29, 1.82) is 0 Å². The molecule has 188 valence electrons. The van der Waals surface area contributed by atoms with Gasteiger partial charge in [-0.15, -0.1) is 36.6 Å². The van der Waals surface area contributed by atoms with Crippen LogP contribution in [-0.4, -0.2) is 60.5 Å². The van der Waals surface area contributed by atoms with Gasteiger partial charge in [0.2, 0.25) is 5.91 Å². The summed E-state index contributed by atoms with van der Waals surface area (Å²) in [6.45, 7) is 2.26. The van der Waals surface area contributed by atoms with Crippen molar-refractivity contribution in [1.82, 2.24) is 5.32 Å². The summed E-state index contributed by atoms with van der Waals surface area (Å²) in [4.78, 5) is 39.3. The number of nitrogens with one attached hydrogen (secondary N) is 1. The molecule has 0 fully saturated rings. The molecule has 0 unspecified atom stereocenters. The lowest BCUT2D eigenvalue weighted by Crippen LogP contribution is -2.54. The first-order chi connectivity index (χ1) is 15.0. The lowest BCUT2D eigenvalue weighted by molar-refractivity contribution is -0.146. The number of amides is 1. The second-order valence-corrected chi connectivity index (χ2v) is 8.53. The van der Waals surface area contributed by atoms with Crippen LogP contribution >= 0.6 is 36.6 Å². The lowest BCUT2D eigenvalue weighted by atomic mass is 10.0. The van der Waals surface area contributed by atoms with E-state index in [1.165, 1.54) is 16.7 Å². The molecule has 2 atom stereocenters. The quantitative estimate of drug-likeness (QED) is 0.266. The topological polar surface area (TPSA) is 122 Å². The maximum Gasteiger partial charge on any atom is 0.323 e. The van der Waals surface area contributed by atoms with Crippen molar-refractivity contribution in [2.45, 2.75) is 62.4 Å². The number of benzene rings is 1. The maximum atomic E-state index is 13.2. The molecule has 8 nitrogen and oxygen atoms in total. The Balaban J connectivity index is 0.00000512. The van der Waals surface area contributed by atoms with Gasteiger partial charge in [0, 0.05) is 10.6 Å². The van der Waals surface area contributed by atoms with Crippen LogP contribution in [0.25, 0.3) is 0 Å². The number of carbonyl (C=O) groups is 3. The van der Waals surface area contributed by atoms with Gasteiger partial charge in [-0.05, 0) is 38.4 Å². The van der Waals surface area contributed by atoms with Crippen molar-refractivity contribution in [2.24, 2.45) is 5.73 Å². The molecule has 33 heavy (non-hydrogen) atoms. The number of carbonyl (C=O) groups excluding carboxylic acids is 2. The van der Waals surface area contributed by atoms with Crippen molar-refractivity contribution >= 4 is 60.1 Å². The molecule has 0 spiro atoms. The fraction of sp³-hybridized carbons (Fsp3) is 0.591. The highest BCUT2D eigenvalue weighted by atomic mass is 35.5. The van der Waals surface area contributed by atoms with E-state index >= 15 is 0 Å². The third-order valence-electron chi connectivity index (χ3n) is 5.09. The standard InChI is InChI=1S/C22H33N3O5S.2ClH/c1-2-30-22(29)16(10-6-4-3-5-9-13-23)24-17-15-31-19-12-8-7-11-18(19)25(21(17)28)14-20(26)27;;/h7-8,11-12,16-17,24H,2-6,9-10,13-15,23H2,1H3,(H,26,27);2*1H/t16-,17-;;/m0../s1. The molecule has 1 aliphatic heterocycles. The summed E-state index contributed by atoms with van der Waals surface area (Å²) < 4.78 is 5.22. The zero-order valence-corrected chi connectivity index (χ0v) is 21.3. The average molecular weight is 525 g/mol. The van der Waals surface area contributed by atoms with Gasteiger partial charge in [-0.2, -0.15) is 0 Å². The summed E-state index contributed by atoms with van der Waals surface area (Å²) in [5, 5.41) is 12.5. The summed E-state index contributed by atoms with van der Waals surface area (Å²) in [7, 11) is 0. The number of aliphatic carboxylic acids is 1. The Bertz CT molecular complexity index is 756.